The van der Waals surface area contributed by atoms with Gasteiger partial charge in [-0.3, -0.25) is 24.2 Å². The highest BCUT2D eigenvalue weighted by atomic mass is 35.5. The van der Waals surface area contributed by atoms with E-state index in [9.17, 15) is 50.6 Å². The highest BCUT2D eigenvalue weighted by Gasteiger charge is 2.77. The minimum absolute atomic E-state index is 0.00192. The first kappa shape index (κ1) is 42.2. The highest BCUT2D eigenvalue weighted by Crippen LogP contribution is 2.67. The van der Waals surface area contributed by atoms with Crippen molar-refractivity contribution in [2.24, 2.45) is 17.8 Å². The first-order chi connectivity index (χ1) is 28.6. The van der Waals surface area contributed by atoms with Gasteiger partial charge in [0.25, 0.3) is 23.6 Å². The summed E-state index contributed by atoms with van der Waals surface area (Å²) in [6, 6.07) is 13.9. The number of aromatic hydroxyl groups is 1. The molecule has 318 valence electrons. The molecule has 8 rings (SSSR count). The Labute approximate surface area is 353 Å². The van der Waals surface area contributed by atoms with Gasteiger partial charge in [0.1, 0.15) is 29.5 Å². The van der Waals surface area contributed by atoms with E-state index < -0.39 is 122 Å². The number of ether oxygens (including phenoxy) is 1. The summed E-state index contributed by atoms with van der Waals surface area (Å²) in [6.07, 6.45) is -4.77. The molecule has 10 nitrogen and oxygen atoms in total. The van der Waals surface area contributed by atoms with Gasteiger partial charge in [-0.05, 0) is 42.5 Å². The predicted octanol–water partition coefficient (Wildman–Crippen LogP) is 8.35. The van der Waals surface area contributed by atoms with Gasteiger partial charge >= 0.3 is 6.18 Å². The van der Waals surface area contributed by atoms with E-state index in [1.807, 2.05) is 0 Å². The van der Waals surface area contributed by atoms with Crippen LogP contribution in [0.5, 0.6) is 11.5 Å². The van der Waals surface area contributed by atoms with Gasteiger partial charge in [0, 0.05) is 24.6 Å². The lowest BCUT2D eigenvalue weighted by molar-refractivity contribution is -0.141. The fourth-order valence-electron chi connectivity index (χ4n) is 8.70. The second kappa shape index (κ2) is 14.6. The van der Waals surface area contributed by atoms with Crippen LogP contribution in [0.2, 0.25) is 5.02 Å². The van der Waals surface area contributed by atoms with E-state index in [-0.39, 0.29) is 39.8 Å². The highest BCUT2D eigenvalue weighted by molar-refractivity contribution is 6.58. The molecule has 4 amide bonds. The molecule has 21 heteroatoms. The van der Waals surface area contributed by atoms with Crippen LogP contribution < -0.4 is 14.6 Å². The van der Waals surface area contributed by atoms with Crippen molar-refractivity contribution in [3.05, 3.63) is 123 Å². The van der Waals surface area contributed by atoms with Crippen molar-refractivity contribution in [3.8, 4) is 11.5 Å². The lowest BCUT2D eigenvalue weighted by atomic mass is 9.56. The molecule has 4 aromatic rings. The van der Waals surface area contributed by atoms with Gasteiger partial charge in [-0.15, -0.1) is 23.2 Å². The van der Waals surface area contributed by atoms with Crippen molar-refractivity contribution < 1.29 is 64.1 Å². The van der Waals surface area contributed by atoms with Crippen LogP contribution in [0.4, 0.5) is 46.6 Å². The number of phenolic OH excluding ortho intramolecular Hbond substituents is 1. The molecule has 2 saturated heterocycles. The van der Waals surface area contributed by atoms with Crippen LogP contribution in [-0.4, -0.2) is 55.5 Å². The summed E-state index contributed by atoms with van der Waals surface area (Å²) in [5.41, 5.74) is -2.93. The Kier molecular flexibility index (Phi) is 10.1. The number of phenols is 1. The van der Waals surface area contributed by atoms with Gasteiger partial charge in [-0.1, -0.05) is 59.6 Å². The number of amides is 4. The zero-order valence-electron chi connectivity index (χ0n) is 30.7. The Morgan fingerprint density at radius 1 is 0.869 bits per heavy atom. The van der Waals surface area contributed by atoms with E-state index in [4.69, 9.17) is 39.5 Å². The Morgan fingerprint density at radius 2 is 1.51 bits per heavy atom. The lowest BCUT2D eigenvalue weighted by Gasteiger charge is -2.50. The average Bonchev–Trinajstić information content (AvgIpc) is 3.56. The van der Waals surface area contributed by atoms with Gasteiger partial charge in [-0.25, -0.2) is 31.8 Å². The fourth-order valence-corrected chi connectivity index (χ4v) is 9.85. The number of hydrazine groups is 1. The van der Waals surface area contributed by atoms with Crippen molar-refractivity contribution in [2.75, 3.05) is 17.0 Å². The summed E-state index contributed by atoms with van der Waals surface area (Å²) in [5.74, 6) is -25.6. The first-order valence-corrected chi connectivity index (χ1v) is 19.1. The number of allylic oxidation sites excluding steroid dienone is 2. The van der Waals surface area contributed by atoms with Crippen LogP contribution in [-0.2, 0) is 32.0 Å². The number of nitrogens with zero attached hydrogens (tertiary/aromatic N) is 4. The lowest BCUT2D eigenvalue weighted by Crippen LogP contribution is -2.60. The molecule has 0 radical (unpaired) electrons. The molecule has 0 spiro atoms. The summed E-state index contributed by atoms with van der Waals surface area (Å²) >= 11 is 20.5. The molecule has 6 atom stereocenters. The maximum absolute atomic E-state index is 15.4. The van der Waals surface area contributed by atoms with Gasteiger partial charge in [0.2, 0.25) is 5.82 Å². The van der Waals surface area contributed by atoms with Crippen molar-refractivity contribution >= 4 is 69.9 Å². The second-order valence-electron chi connectivity index (χ2n) is 14.7. The largest absolute Gasteiger partial charge is 0.508 e. The van der Waals surface area contributed by atoms with E-state index >= 15 is 8.78 Å². The van der Waals surface area contributed by atoms with Crippen molar-refractivity contribution in [1.29, 1.82) is 0 Å². The van der Waals surface area contributed by atoms with Crippen LogP contribution >= 0.6 is 34.8 Å². The second-order valence-corrected chi connectivity index (χ2v) is 16.3. The zero-order valence-corrected chi connectivity index (χ0v) is 33.0. The van der Waals surface area contributed by atoms with Crippen LogP contribution in [0.3, 0.4) is 0 Å². The Morgan fingerprint density at radius 3 is 2.13 bits per heavy atom. The molecule has 61 heavy (non-hydrogen) atoms. The predicted molar refractivity (Wildman–Crippen MR) is 200 cm³/mol. The SMILES string of the molecule is CN(c1nc(C(F)(F)F)ccc1Cl)N1C(=O)[C@H]2[C@H](CC=C3[C@H]2C[C@@]2(Cl)C(=O)N(c4c(F)c(F)c(F)c(F)c4F)C(=O)[C@@]2(Cl)[C@H]3c2ccc(OCc3ccccc3)cc2O)C1=O. The number of rotatable bonds is 7. The molecular weight excluding hydrogens is 891 g/mol. The van der Waals surface area contributed by atoms with Crippen molar-refractivity contribution in [3.63, 3.8) is 0 Å². The molecule has 1 aromatic heterocycles. The van der Waals surface area contributed by atoms with Gasteiger partial charge in [0.05, 0.1) is 16.9 Å². The third kappa shape index (κ3) is 6.14. The number of benzene rings is 3. The number of hydrogen-bond acceptors (Lipinski definition) is 8. The minimum atomic E-state index is -4.96. The number of alkyl halides is 5. The average molecular weight is 916 g/mol. The van der Waals surface area contributed by atoms with Crippen LogP contribution in [0, 0.1) is 46.8 Å². The Balaban J connectivity index is 1.26. The monoisotopic (exact) mass is 914 g/mol. The van der Waals surface area contributed by atoms with Gasteiger partial charge in [-0.2, -0.15) is 18.2 Å². The first-order valence-electron chi connectivity index (χ1n) is 18.0. The molecule has 1 N–H and O–H groups in total. The van der Waals surface area contributed by atoms with Crippen LogP contribution in [0.1, 0.15) is 35.6 Å². The zero-order chi connectivity index (χ0) is 44.2. The number of carbonyl (C=O) groups excluding carboxylic acids is 4. The normalized spacial score (nSPS) is 26.0. The van der Waals surface area contributed by atoms with Crippen molar-refractivity contribution in [2.45, 2.75) is 41.3 Å². The number of carbonyl (C=O) groups is 4. The van der Waals surface area contributed by atoms with E-state index in [2.05, 4.69) is 4.98 Å². The van der Waals surface area contributed by atoms with E-state index in [1.54, 1.807) is 30.3 Å². The Bertz CT molecular complexity index is 2590. The summed E-state index contributed by atoms with van der Waals surface area (Å²) in [6.45, 7) is 0.0236. The molecule has 2 aliphatic heterocycles. The maximum atomic E-state index is 15.4. The van der Waals surface area contributed by atoms with Gasteiger partial charge in [0.15, 0.2) is 38.8 Å². The smallest absolute Gasteiger partial charge is 0.433 e. The van der Waals surface area contributed by atoms with Crippen molar-refractivity contribution in [1.82, 2.24) is 9.99 Å². The summed E-state index contributed by atoms with van der Waals surface area (Å²) < 4.78 is 121. The molecule has 2 aliphatic carbocycles. The molecule has 4 aliphatic rings. The van der Waals surface area contributed by atoms with E-state index in [1.165, 1.54) is 18.2 Å². The fraction of sp³-hybridized carbons (Fsp3) is 0.275. The molecular formula is C40H25Cl3F8N4O6. The molecule has 3 aromatic carbocycles. The molecule has 1 saturated carbocycles. The van der Waals surface area contributed by atoms with E-state index in [0.29, 0.717) is 16.1 Å². The Hall–Kier alpha value is -5.46. The standard InChI is InChI=1S/C40H25Cl3F8N4O6/c1-53(33-22(41)11-12-24(52-33)40(49,50)51)55-34(57)20-10-9-18-21(25(20)35(55)58)14-38(42)36(59)54(32-30(47)28(45)27(44)29(46)31(32)48)37(60)39(38,43)26(18)19-8-7-17(13-23(19)56)61-15-16-5-3-2-4-6-16/h2-9,11-13,20-21,25-26,56H,10,14-15H2,1H3/t20-,21+,25-,26+,38+,39-/m0/s1. The number of pyridine rings is 1. The summed E-state index contributed by atoms with van der Waals surface area (Å²) in [4.78, 5) is 54.9. The third-order valence-corrected chi connectivity index (χ3v) is 13.2. The molecule has 3 fully saturated rings. The molecule has 0 bridgehead atoms. The van der Waals surface area contributed by atoms with Gasteiger partial charge < -0.3 is 9.84 Å². The van der Waals surface area contributed by atoms with Crippen LogP contribution in [0.15, 0.2) is 72.3 Å². The number of hydrogen-bond donors (Lipinski definition) is 1. The molecule has 0 unspecified atom stereocenters. The number of halogens is 11. The van der Waals surface area contributed by atoms with E-state index in [0.717, 1.165) is 24.7 Å². The number of aromatic nitrogens is 1. The number of fused-ring (bicyclic) bond motifs is 4. The molecule has 3 heterocycles. The van der Waals surface area contributed by atoms with Crippen LogP contribution in [0.25, 0.3) is 0 Å². The number of imide groups is 2. The summed E-state index contributed by atoms with van der Waals surface area (Å²) in [7, 11) is 1.05. The summed E-state index contributed by atoms with van der Waals surface area (Å²) in [5, 5.41) is 12.4. The topological polar surface area (TPSA) is 120 Å². The number of anilines is 2. The minimum Gasteiger partial charge on any atom is -0.508 e. The third-order valence-electron chi connectivity index (χ3n) is 11.5. The maximum Gasteiger partial charge on any atom is 0.433 e. The quantitative estimate of drug-likeness (QED) is 0.0491.